The van der Waals surface area contributed by atoms with Crippen molar-refractivity contribution in [3.8, 4) is 0 Å². The molecule has 1 N–H and O–H groups in total. The molecule has 1 amide bonds. The summed E-state index contributed by atoms with van der Waals surface area (Å²) >= 11 is 1.97. The number of hydrogen-bond donors (Lipinski definition) is 1. The number of nitrogens with one attached hydrogen (secondary N) is 1. The number of benzene rings is 1. The molecule has 0 spiro atoms. The summed E-state index contributed by atoms with van der Waals surface area (Å²) in [7, 11) is 3.57. The van der Waals surface area contributed by atoms with Gasteiger partial charge < -0.3 is 10.2 Å². The van der Waals surface area contributed by atoms with Crippen molar-refractivity contribution in [2.75, 3.05) is 27.2 Å². The van der Waals surface area contributed by atoms with Crippen molar-refractivity contribution in [3.05, 3.63) is 33.1 Å². The van der Waals surface area contributed by atoms with Crippen molar-refractivity contribution in [3.63, 3.8) is 0 Å². The quantitative estimate of drug-likeness (QED) is 0.850. The molecule has 0 radical (unpaired) electrons. The van der Waals surface area contributed by atoms with Crippen molar-refractivity contribution in [1.29, 1.82) is 0 Å². The molecule has 0 saturated heterocycles. The molecule has 0 bridgehead atoms. The number of halogens is 2. The van der Waals surface area contributed by atoms with Crippen LogP contribution in [0.4, 0.5) is 4.39 Å². The van der Waals surface area contributed by atoms with Crippen molar-refractivity contribution in [1.82, 2.24) is 10.2 Å². The summed E-state index contributed by atoms with van der Waals surface area (Å²) in [6.07, 6.45) is 0. The topological polar surface area (TPSA) is 32.3 Å². The molecule has 1 aromatic rings. The highest BCUT2D eigenvalue weighted by Gasteiger charge is 2.14. The molecule has 5 heteroatoms. The Bertz CT molecular complexity index is 384. The van der Waals surface area contributed by atoms with Gasteiger partial charge in [-0.3, -0.25) is 4.79 Å². The molecule has 0 aromatic heterocycles. The number of hydrogen-bond acceptors (Lipinski definition) is 2. The van der Waals surface area contributed by atoms with E-state index in [4.69, 9.17) is 0 Å². The molecule has 0 aliphatic heterocycles. The van der Waals surface area contributed by atoms with Crippen LogP contribution in [0.25, 0.3) is 0 Å². The summed E-state index contributed by atoms with van der Waals surface area (Å²) in [5.74, 6) is -0.404. The first kappa shape index (κ1) is 13.4. The Kier molecular flexibility index (Phi) is 5.14. The number of amides is 1. The Morgan fingerprint density at radius 3 is 2.81 bits per heavy atom. The molecule has 0 fully saturated rings. The van der Waals surface area contributed by atoms with E-state index in [0.717, 1.165) is 6.54 Å². The third kappa shape index (κ3) is 3.41. The lowest BCUT2D eigenvalue weighted by Crippen LogP contribution is -2.33. The average molecular weight is 336 g/mol. The van der Waals surface area contributed by atoms with E-state index in [1.807, 2.05) is 29.6 Å². The van der Waals surface area contributed by atoms with Gasteiger partial charge in [-0.05, 0) is 47.8 Å². The Morgan fingerprint density at radius 2 is 2.25 bits per heavy atom. The van der Waals surface area contributed by atoms with Crippen LogP contribution in [-0.4, -0.2) is 38.0 Å². The van der Waals surface area contributed by atoms with E-state index in [2.05, 4.69) is 5.32 Å². The molecular formula is C11H14FIN2O. The highest BCUT2D eigenvalue weighted by atomic mass is 127. The zero-order chi connectivity index (χ0) is 12.1. The fourth-order valence-electron chi connectivity index (χ4n) is 1.25. The second-order valence-electron chi connectivity index (χ2n) is 3.45. The molecule has 16 heavy (non-hydrogen) atoms. The molecule has 88 valence electrons. The van der Waals surface area contributed by atoms with Crippen molar-refractivity contribution in [2.24, 2.45) is 0 Å². The first-order valence-corrected chi connectivity index (χ1v) is 5.99. The Morgan fingerprint density at radius 1 is 1.56 bits per heavy atom. The lowest BCUT2D eigenvalue weighted by atomic mass is 10.2. The zero-order valence-corrected chi connectivity index (χ0v) is 11.4. The maximum atomic E-state index is 12.9. The van der Waals surface area contributed by atoms with Crippen LogP contribution in [0.1, 0.15) is 10.4 Å². The summed E-state index contributed by atoms with van der Waals surface area (Å²) < 4.78 is 13.5. The largest absolute Gasteiger partial charge is 0.340 e. The van der Waals surface area contributed by atoms with Crippen molar-refractivity contribution >= 4 is 28.5 Å². The number of nitrogens with zero attached hydrogens (tertiary/aromatic N) is 1. The van der Waals surface area contributed by atoms with Crippen LogP contribution in [0.5, 0.6) is 0 Å². The van der Waals surface area contributed by atoms with Crippen LogP contribution in [-0.2, 0) is 0 Å². The molecule has 3 nitrogen and oxygen atoms in total. The highest BCUT2D eigenvalue weighted by molar-refractivity contribution is 14.1. The number of rotatable bonds is 4. The number of carbonyl (C=O) groups is 1. The molecule has 0 heterocycles. The molecule has 0 unspecified atom stereocenters. The molecule has 1 rings (SSSR count). The second-order valence-corrected chi connectivity index (χ2v) is 4.62. The SMILES string of the molecule is CNCCN(C)C(=O)c1ccc(F)cc1I. The fourth-order valence-corrected chi connectivity index (χ4v) is 1.96. The minimum Gasteiger partial charge on any atom is -0.340 e. The maximum Gasteiger partial charge on any atom is 0.254 e. The van der Waals surface area contributed by atoms with Gasteiger partial charge in [-0.2, -0.15) is 0 Å². The van der Waals surface area contributed by atoms with Gasteiger partial charge in [0, 0.05) is 23.7 Å². The van der Waals surface area contributed by atoms with Gasteiger partial charge in [-0.25, -0.2) is 4.39 Å². The molecule has 0 atom stereocenters. The average Bonchev–Trinajstić information content (AvgIpc) is 2.25. The summed E-state index contributed by atoms with van der Waals surface area (Å²) in [6, 6.07) is 4.19. The Balaban J connectivity index is 2.79. The smallest absolute Gasteiger partial charge is 0.254 e. The maximum absolute atomic E-state index is 12.9. The molecule has 0 saturated carbocycles. The summed E-state index contributed by atoms with van der Waals surface area (Å²) in [5, 5.41) is 2.97. The predicted molar refractivity (Wildman–Crippen MR) is 70.0 cm³/mol. The van der Waals surface area contributed by atoms with Gasteiger partial charge in [0.25, 0.3) is 5.91 Å². The van der Waals surface area contributed by atoms with E-state index in [0.29, 0.717) is 15.7 Å². The Hall–Kier alpha value is -0.690. The number of likely N-dealkylation sites (N-methyl/N-ethyl adjacent to an activating group) is 2. The third-order valence-electron chi connectivity index (χ3n) is 2.21. The van der Waals surface area contributed by atoms with E-state index in [-0.39, 0.29) is 11.7 Å². The molecule has 1 aromatic carbocycles. The van der Waals surface area contributed by atoms with Gasteiger partial charge in [0.2, 0.25) is 0 Å². The number of carbonyl (C=O) groups excluding carboxylic acids is 1. The van der Waals surface area contributed by atoms with Gasteiger partial charge in [-0.15, -0.1) is 0 Å². The van der Waals surface area contributed by atoms with Gasteiger partial charge >= 0.3 is 0 Å². The van der Waals surface area contributed by atoms with Gasteiger partial charge in [0.05, 0.1) is 5.56 Å². The van der Waals surface area contributed by atoms with Crippen LogP contribution in [0.3, 0.4) is 0 Å². The highest BCUT2D eigenvalue weighted by Crippen LogP contribution is 2.15. The minimum absolute atomic E-state index is 0.0837. The van der Waals surface area contributed by atoms with Gasteiger partial charge in [0.15, 0.2) is 0 Å². The van der Waals surface area contributed by atoms with Gasteiger partial charge in [-0.1, -0.05) is 0 Å². The van der Waals surface area contributed by atoms with Crippen LogP contribution >= 0.6 is 22.6 Å². The van der Waals surface area contributed by atoms with E-state index in [1.54, 1.807) is 11.9 Å². The summed E-state index contributed by atoms with van der Waals surface area (Å²) in [6.45, 7) is 1.36. The van der Waals surface area contributed by atoms with Crippen LogP contribution in [0, 0.1) is 9.39 Å². The second kappa shape index (κ2) is 6.15. The summed E-state index contributed by atoms with van der Waals surface area (Å²) in [5.41, 5.74) is 0.542. The Labute approximate surface area is 108 Å². The van der Waals surface area contributed by atoms with Crippen LogP contribution < -0.4 is 5.32 Å². The first-order chi connectivity index (χ1) is 7.56. The van der Waals surface area contributed by atoms with Gasteiger partial charge in [0.1, 0.15) is 5.82 Å². The van der Waals surface area contributed by atoms with E-state index in [1.165, 1.54) is 18.2 Å². The fraction of sp³-hybridized carbons (Fsp3) is 0.364. The normalized spacial score (nSPS) is 10.2. The van der Waals surface area contributed by atoms with E-state index >= 15 is 0 Å². The molecular weight excluding hydrogens is 322 g/mol. The lowest BCUT2D eigenvalue weighted by molar-refractivity contribution is 0.0796. The zero-order valence-electron chi connectivity index (χ0n) is 9.26. The lowest BCUT2D eigenvalue weighted by Gasteiger charge is -2.17. The molecule has 0 aliphatic rings. The summed E-state index contributed by atoms with van der Waals surface area (Å²) in [4.78, 5) is 13.6. The standard InChI is InChI=1S/C11H14FIN2O/c1-14-5-6-15(2)11(16)9-4-3-8(12)7-10(9)13/h3-4,7,14H,5-6H2,1-2H3. The first-order valence-electron chi connectivity index (χ1n) is 4.91. The minimum atomic E-state index is -0.321. The van der Waals surface area contributed by atoms with Crippen molar-refractivity contribution < 1.29 is 9.18 Å². The van der Waals surface area contributed by atoms with Crippen molar-refractivity contribution in [2.45, 2.75) is 0 Å². The van der Waals surface area contributed by atoms with Crippen LogP contribution in [0.2, 0.25) is 0 Å². The van der Waals surface area contributed by atoms with E-state index in [9.17, 15) is 9.18 Å². The van der Waals surface area contributed by atoms with Crippen LogP contribution in [0.15, 0.2) is 18.2 Å². The predicted octanol–water partition coefficient (Wildman–Crippen LogP) is 1.72. The molecule has 0 aliphatic carbocycles. The van der Waals surface area contributed by atoms with E-state index < -0.39 is 0 Å². The third-order valence-corrected chi connectivity index (χ3v) is 3.10. The monoisotopic (exact) mass is 336 g/mol.